The molecule has 0 aliphatic carbocycles. The van der Waals surface area contributed by atoms with Gasteiger partial charge < -0.3 is 5.11 Å². The summed E-state index contributed by atoms with van der Waals surface area (Å²) in [6, 6.07) is 2.12. The molecule has 7 nitrogen and oxygen atoms in total. The summed E-state index contributed by atoms with van der Waals surface area (Å²) in [4.78, 5) is 22.8. The number of nitrogens with zero attached hydrogens (tertiary/aromatic N) is 3. The Labute approximate surface area is 164 Å². The van der Waals surface area contributed by atoms with Crippen LogP contribution in [0.5, 0.6) is 0 Å². The Hall–Kier alpha value is -1.52. The van der Waals surface area contributed by atoms with Crippen LogP contribution in [0, 0.1) is 23.2 Å². The number of carboxylic acids is 1. The first-order valence-corrected chi connectivity index (χ1v) is 9.35. The number of carbonyl (C=O) groups is 1. The lowest BCUT2D eigenvalue weighted by Crippen LogP contribution is -2.37. The van der Waals surface area contributed by atoms with Crippen LogP contribution in [-0.4, -0.2) is 33.4 Å². The van der Waals surface area contributed by atoms with Crippen molar-refractivity contribution in [3.05, 3.63) is 0 Å². The van der Waals surface area contributed by atoms with Crippen LogP contribution in [0.25, 0.3) is 0 Å². The van der Waals surface area contributed by atoms with Crippen LogP contribution < -0.4 is 0 Å². The van der Waals surface area contributed by atoms with E-state index in [0.717, 1.165) is 0 Å². The molecule has 0 radical (unpaired) electrons. The van der Waals surface area contributed by atoms with Crippen LogP contribution >= 0.6 is 0 Å². The molecular formula is C20H37N3O4. The van der Waals surface area contributed by atoms with Gasteiger partial charge in [0.1, 0.15) is 0 Å². The van der Waals surface area contributed by atoms with Crippen LogP contribution in [0.4, 0.5) is 0 Å². The minimum absolute atomic E-state index is 0.0792. The lowest BCUT2D eigenvalue weighted by atomic mass is 9.78. The minimum atomic E-state index is -1.20. The highest BCUT2D eigenvalue weighted by molar-refractivity contribution is 5.70. The van der Waals surface area contributed by atoms with Gasteiger partial charge in [0.2, 0.25) is 0 Å². The van der Waals surface area contributed by atoms with Crippen LogP contribution in [0.15, 0.2) is 10.2 Å². The van der Waals surface area contributed by atoms with Crippen LogP contribution in [0.3, 0.4) is 0 Å². The summed E-state index contributed by atoms with van der Waals surface area (Å²) in [6.45, 7) is 18.5. The van der Waals surface area contributed by atoms with E-state index in [-0.39, 0.29) is 12.3 Å². The Morgan fingerprint density at radius 2 is 1.52 bits per heavy atom. The highest BCUT2D eigenvalue weighted by atomic mass is 17.2. The molecule has 1 N–H and O–H groups in total. The first-order valence-electron chi connectivity index (χ1n) is 9.35. The molecular weight excluding hydrogens is 346 g/mol. The molecule has 0 saturated heterocycles. The van der Waals surface area contributed by atoms with Gasteiger partial charge in [-0.25, -0.2) is 9.78 Å². The lowest BCUT2D eigenvalue weighted by Gasteiger charge is -2.33. The van der Waals surface area contributed by atoms with Gasteiger partial charge in [-0.2, -0.15) is 15.5 Å². The van der Waals surface area contributed by atoms with Gasteiger partial charge in [0.25, 0.3) is 0 Å². The first kappa shape index (κ1) is 25.5. The first-order chi connectivity index (χ1) is 11.9. The summed E-state index contributed by atoms with van der Waals surface area (Å²) in [7, 11) is 0. The fourth-order valence-corrected chi connectivity index (χ4v) is 2.52. The summed E-state index contributed by atoms with van der Waals surface area (Å²) in [5, 5.41) is 27.6. The van der Waals surface area contributed by atoms with Crippen molar-refractivity contribution in [1.29, 1.82) is 5.26 Å². The molecule has 0 aromatic carbocycles. The van der Waals surface area contributed by atoms with Gasteiger partial charge in [-0.3, -0.25) is 4.79 Å². The van der Waals surface area contributed by atoms with Gasteiger partial charge in [0.15, 0.2) is 5.54 Å². The molecule has 0 aromatic rings. The summed E-state index contributed by atoms with van der Waals surface area (Å²) >= 11 is 0. The predicted octanol–water partition coefficient (Wildman–Crippen LogP) is 5.16. The van der Waals surface area contributed by atoms with Gasteiger partial charge in [-0.05, 0) is 74.7 Å². The normalized spacial score (nSPS) is 18.0. The van der Waals surface area contributed by atoms with E-state index >= 15 is 0 Å². The van der Waals surface area contributed by atoms with E-state index < -0.39 is 34.2 Å². The Bertz CT molecular complexity index is 567. The molecule has 0 aliphatic rings. The van der Waals surface area contributed by atoms with Crippen LogP contribution in [-0.2, 0) is 14.6 Å². The molecule has 0 spiro atoms. The quantitative estimate of drug-likeness (QED) is 0.336. The van der Waals surface area contributed by atoms with E-state index in [4.69, 9.17) is 9.78 Å². The van der Waals surface area contributed by atoms with E-state index in [1.54, 1.807) is 6.92 Å². The number of azo groups is 1. The van der Waals surface area contributed by atoms with Gasteiger partial charge in [-0.15, -0.1) is 0 Å². The second-order valence-corrected chi connectivity index (χ2v) is 10.1. The second kappa shape index (κ2) is 9.11. The molecule has 3 unspecified atom stereocenters. The highest BCUT2D eigenvalue weighted by Crippen LogP contribution is 2.33. The molecule has 3 atom stereocenters. The number of rotatable bonds is 9. The number of nitriles is 1. The minimum Gasteiger partial charge on any atom is -0.481 e. The third-order valence-corrected chi connectivity index (χ3v) is 3.76. The number of hydrogen-bond acceptors (Lipinski definition) is 6. The van der Waals surface area contributed by atoms with Crippen LogP contribution in [0.2, 0.25) is 0 Å². The van der Waals surface area contributed by atoms with Gasteiger partial charge in [0, 0.05) is 6.42 Å². The maximum absolute atomic E-state index is 11.9. The summed E-state index contributed by atoms with van der Waals surface area (Å²) < 4.78 is 0. The fourth-order valence-electron chi connectivity index (χ4n) is 2.52. The average molecular weight is 384 g/mol. The summed E-state index contributed by atoms with van der Waals surface area (Å²) in [5.41, 5.74) is -2.75. The van der Waals surface area contributed by atoms with Crippen molar-refractivity contribution in [2.24, 2.45) is 22.1 Å². The molecule has 156 valence electrons. The molecule has 0 aromatic heterocycles. The molecule has 27 heavy (non-hydrogen) atoms. The Morgan fingerprint density at radius 1 is 1.00 bits per heavy atom. The smallest absolute Gasteiger partial charge is 0.306 e. The molecule has 0 bridgehead atoms. The molecule has 0 rings (SSSR count). The van der Waals surface area contributed by atoms with Crippen molar-refractivity contribution in [3.63, 3.8) is 0 Å². The van der Waals surface area contributed by atoms with Crippen molar-refractivity contribution in [1.82, 2.24) is 0 Å². The third-order valence-electron chi connectivity index (χ3n) is 3.76. The highest BCUT2D eigenvalue weighted by Gasteiger charge is 2.38. The number of hydrogen-bond donors (Lipinski definition) is 1. The topological polar surface area (TPSA) is 104 Å². The van der Waals surface area contributed by atoms with Crippen molar-refractivity contribution < 1.29 is 19.7 Å². The maximum Gasteiger partial charge on any atom is 0.306 e. The second-order valence-electron chi connectivity index (χ2n) is 10.1. The maximum atomic E-state index is 11.9. The largest absolute Gasteiger partial charge is 0.481 e. The van der Waals surface area contributed by atoms with E-state index in [1.165, 1.54) is 0 Å². The van der Waals surface area contributed by atoms with Gasteiger partial charge in [0.05, 0.1) is 28.7 Å². The fraction of sp³-hybridized carbons (Fsp3) is 0.900. The van der Waals surface area contributed by atoms with Crippen molar-refractivity contribution in [2.75, 3.05) is 0 Å². The Balaban J connectivity index is 5.29. The zero-order valence-electron chi connectivity index (χ0n) is 18.6. The average Bonchev–Trinajstić information content (AvgIpc) is 2.47. The van der Waals surface area contributed by atoms with Crippen molar-refractivity contribution >= 4 is 5.97 Å². The van der Waals surface area contributed by atoms with E-state index in [2.05, 4.69) is 16.3 Å². The summed E-state index contributed by atoms with van der Waals surface area (Å²) in [5.74, 6) is -1.97. The van der Waals surface area contributed by atoms with Crippen molar-refractivity contribution in [3.8, 4) is 6.07 Å². The SMILES string of the molecule is CC(CC(C)(C)OOC(C)(C)C)C(CC(C)(C#N)N=NC(C)(C)C)C(=O)O. The van der Waals surface area contributed by atoms with Gasteiger partial charge in [-0.1, -0.05) is 6.92 Å². The van der Waals surface area contributed by atoms with E-state index in [9.17, 15) is 15.2 Å². The lowest BCUT2D eigenvalue weighted by molar-refractivity contribution is -0.399. The van der Waals surface area contributed by atoms with E-state index in [0.29, 0.717) is 6.42 Å². The molecule has 7 heteroatoms. The van der Waals surface area contributed by atoms with Crippen molar-refractivity contribution in [2.45, 2.75) is 104 Å². The van der Waals surface area contributed by atoms with Crippen LogP contribution in [0.1, 0.15) is 82.1 Å². The molecule has 0 aliphatic heterocycles. The Morgan fingerprint density at radius 3 is 1.89 bits per heavy atom. The number of carboxylic acid groups (broad SMARTS) is 1. The zero-order chi connectivity index (χ0) is 21.7. The standard InChI is InChI=1S/C20H37N3O4/c1-14(11-19(8,9)27-26-18(5,6)7)15(16(24)25)12-20(10,13-21)23-22-17(2,3)4/h14-15H,11-12H2,1-10H3,(H,24,25). The molecule has 0 saturated carbocycles. The molecule has 0 heterocycles. The molecule has 0 fully saturated rings. The number of aliphatic carboxylic acids is 1. The monoisotopic (exact) mass is 383 g/mol. The third kappa shape index (κ3) is 11.0. The summed E-state index contributed by atoms with van der Waals surface area (Å²) in [6.07, 6.45) is 0.535. The Kier molecular flexibility index (Phi) is 8.60. The zero-order valence-corrected chi connectivity index (χ0v) is 18.6. The van der Waals surface area contributed by atoms with Gasteiger partial charge >= 0.3 is 5.97 Å². The van der Waals surface area contributed by atoms with E-state index in [1.807, 2.05) is 62.3 Å². The molecule has 0 amide bonds. The predicted molar refractivity (Wildman–Crippen MR) is 104 cm³/mol.